The van der Waals surface area contributed by atoms with Crippen LogP contribution in [0.25, 0.3) is 0 Å². The van der Waals surface area contributed by atoms with Gasteiger partial charge in [-0.15, -0.1) is 0 Å². The van der Waals surface area contributed by atoms with E-state index >= 15 is 0 Å². The third kappa shape index (κ3) is 3.16. The van der Waals surface area contributed by atoms with Gasteiger partial charge >= 0.3 is 0 Å². The van der Waals surface area contributed by atoms with Crippen molar-refractivity contribution in [3.63, 3.8) is 0 Å². The molecule has 3 aromatic rings. The molecule has 1 aliphatic rings. The number of hydrazone groups is 1. The van der Waals surface area contributed by atoms with Crippen LogP contribution in [0, 0.1) is 6.92 Å². The fraction of sp³-hybridized carbons (Fsp3) is 0.143. The maximum Gasteiger partial charge on any atom is 0.274 e. The van der Waals surface area contributed by atoms with E-state index in [1.807, 2.05) is 67.6 Å². The van der Waals surface area contributed by atoms with E-state index in [4.69, 9.17) is 16.0 Å². The van der Waals surface area contributed by atoms with Crippen LogP contribution in [0.3, 0.4) is 0 Å². The summed E-state index contributed by atoms with van der Waals surface area (Å²) in [6.07, 6.45) is 2.18. The summed E-state index contributed by atoms with van der Waals surface area (Å²) in [4.78, 5) is 13.1. The third-order valence-electron chi connectivity index (χ3n) is 4.46. The molecule has 5 heteroatoms. The maximum atomic E-state index is 13.1. The Morgan fingerprint density at radius 3 is 2.65 bits per heavy atom. The smallest absolute Gasteiger partial charge is 0.274 e. The number of aryl methyl sites for hydroxylation is 1. The Bertz CT molecular complexity index is 962. The number of hydrogen-bond donors (Lipinski definition) is 0. The van der Waals surface area contributed by atoms with Crippen molar-refractivity contribution in [2.24, 2.45) is 5.10 Å². The molecule has 2 aromatic carbocycles. The SMILES string of the molecule is Cc1ccc(C(=O)N2N=C(c3ccco3)C[C@H]2c2cccc(Cl)c2)cc1. The Kier molecular flexibility index (Phi) is 4.35. The molecular formula is C21H17ClN2O2. The molecule has 4 rings (SSSR count). The molecule has 2 heterocycles. The molecular weight excluding hydrogens is 348 g/mol. The second-order valence-electron chi connectivity index (χ2n) is 6.31. The van der Waals surface area contributed by atoms with Crippen molar-refractivity contribution in [3.05, 3.63) is 94.4 Å². The van der Waals surface area contributed by atoms with Crippen LogP contribution in [0.4, 0.5) is 0 Å². The molecule has 1 aromatic heterocycles. The van der Waals surface area contributed by atoms with Gasteiger partial charge in [-0.1, -0.05) is 41.4 Å². The van der Waals surface area contributed by atoms with Crippen molar-refractivity contribution in [3.8, 4) is 0 Å². The van der Waals surface area contributed by atoms with Gasteiger partial charge < -0.3 is 4.42 Å². The van der Waals surface area contributed by atoms with Crippen molar-refractivity contribution in [1.29, 1.82) is 0 Å². The fourth-order valence-electron chi connectivity index (χ4n) is 3.09. The average Bonchev–Trinajstić information content (AvgIpc) is 3.31. The Morgan fingerprint density at radius 2 is 1.96 bits per heavy atom. The number of carbonyl (C=O) groups excluding carboxylic acids is 1. The number of benzene rings is 2. The topological polar surface area (TPSA) is 45.8 Å². The number of nitrogens with zero attached hydrogens (tertiary/aromatic N) is 2. The van der Waals surface area contributed by atoms with Gasteiger partial charge in [-0.2, -0.15) is 5.10 Å². The number of rotatable bonds is 3. The van der Waals surface area contributed by atoms with Crippen LogP contribution < -0.4 is 0 Å². The van der Waals surface area contributed by atoms with Crippen molar-refractivity contribution in [2.45, 2.75) is 19.4 Å². The number of hydrogen-bond acceptors (Lipinski definition) is 3. The summed E-state index contributed by atoms with van der Waals surface area (Å²) in [6, 6.07) is 18.5. The normalized spacial score (nSPS) is 16.6. The summed E-state index contributed by atoms with van der Waals surface area (Å²) in [7, 11) is 0. The van der Waals surface area contributed by atoms with Crippen molar-refractivity contribution >= 4 is 23.2 Å². The number of amides is 1. The minimum Gasteiger partial charge on any atom is -0.463 e. The van der Waals surface area contributed by atoms with E-state index < -0.39 is 0 Å². The molecule has 1 aliphatic heterocycles. The Balaban J connectivity index is 1.73. The molecule has 0 fully saturated rings. The van der Waals surface area contributed by atoms with E-state index in [0.29, 0.717) is 22.8 Å². The second kappa shape index (κ2) is 6.81. The molecule has 0 aliphatic carbocycles. The lowest BCUT2D eigenvalue weighted by Gasteiger charge is -2.22. The zero-order chi connectivity index (χ0) is 18.1. The fourth-order valence-corrected chi connectivity index (χ4v) is 3.29. The summed E-state index contributed by atoms with van der Waals surface area (Å²) < 4.78 is 5.48. The molecule has 0 bridgehead atoms. The number of furan rings is 1. The Hall–Kier alpha value is -2.85. The summed E-state index contributed by atoms with van der Waals surface area (Å²) in [5.74, 6) is 0.535. The van der Waals surface area contributed by atoms with Gasteiger partial charge in [-0.05, 0) is 48.9 Å². The monoisotopic (exact) mass is 364 g/mol. The molecule has 0 N–H and O–H groups in total. The van der Waals surface area contributed by atoms with E-state index in [1.54, 1.807) is 6.26 Å². The average molecular weight is 365 g/mol. The highest BCUT2D eigenvalue weighted by molar-refractivity contribution is 6.30. The van der Waals surface area contributed by atoms with Gasteiger partial charge in [0.05, 0.1) is 12.3 Å². The highest BCUT2D eigenvalue weighted by Crippen LogP contribution is 2.35. The Labute approximate surface area is 156 Å². The van der Waals surface area contributed by atoms with Crippen LogP contribution in [0.15, 0.2) is 76.4 Å². The van der Waals surface area contributed by atoms with E-state index in [2.05, 4.69) is 5.10 Å². The van der Waals surface area contributed by atoms with Gasteiger partial charge in [0.2, 0.25) is 0 Å². The lowest BCUT2D eigenvalue weighted by atomic mass is 10.0. The predicted molar refractivity (Wildman–Crippen MR) is 101 cm³/mol. The first kappa shape index (κ1) is 16.6. The molecule has 0 saturated heterocycles. The zero-order valence-corrected chi connectivity index (χ0v) is 15.0. The van der Waals surface area contributed by atoms with Gasteiger partial charge in [-0.3, -0.25) is 4.79 Å². The zero-order valence-electron chi connectivity index (χ0n) is 14.2. The number of halogens is 1. The van der Waals surface area contributed by atoms with Crippen LogP contribution in [-0.4, -0.2) is 16.6 Å². The first-order chi connectivity index (χ1) is 12.6. The van der Waals surface area contributed by atoms with Crippen molar-refractivity contribution in [2.75, 3.05) is 0 Å². The summed E-state index contributed by atoms with van der Waals surface area (Å²) in [6.45, 7) is 1.99. The molecule has 0 saturated carbocycles. The standard InChI is InChI=1S/C21H17ClN2O2/c1-14-7-9-15(10-8-14)21(25)24-19(16-4-2-5-17(22)12-16)13-18(23-24)20-6-3-11-26-20/h2-12,19H,13H2,1H3/t19-/m0/s1. The minimum atomic E-state index is -0.220. The van der Waals surface area contributed by atoms with Gasteiger partial charge in [0.15, 0.2) is 0 Å². The van der Waals surface area contributed by atoms with Gasteiger partial charge in [-0.25, -0.2) is 5.01 Å². The van der Waals surface area contributed by atoms with Crippen molar-refractivity contribution < 1.29 is 9.21 Å². The number of carbonyl (C=O) groups is 1. The molecule has 1 amide bonds. The van der Waals surface area contributed by atoms with E-state index in [9.17, 15) is 4.79 Å². The van der Waals surface area contributed by atoms with Crippen LogP contribution in [-0.2, 0) is 0 Å². The van der Waals surface area contributed by atoms with Gasteiger partial charge in [0.1, 0.15) is 11.5 Å². The molecule has 0 spiro atoms. The minimum absolute atomic E-state index is 0.142. The molecule has 0 radical (unpaired) electrons. The summed E-state index contributed by atoms with van der Waals surface area (Å²) in [5.41, 5.74) is 3.41. The molecule has 0 unspecified atom stereocenters. The Morgan fingerprint density at radius 1 is 1.15 bits per heavy atom. The van der Waals surface area contributed by atoms with Crippen LogP contribution >= 0.6 is 11.6 Å². The molecule has 130 valence electrons. The largest absolute Gasteiger partial charge is 0.463 e. The highest BCUT2D eigenvalue weighted by atomic mass is 35.5. The molecule has 4 nitrogen and oxygen atoms in total. The van der Waals surface area contributed by atoms with Crippen LogP contribution in [0.1, 0.15) is 39.7 Å². The lowest BCUT2D eigenvalue weighted by molar-refractivity contribution is 0.0711. The molecule has 26 heavy (non-hydrogen) atoms. The molecule has 1 atom stereocenters. The van der Waals surface area contributed by atoms with Gasteiger partial charge in [0.25, 0.3) is 5.91 Å². The van der Waals surface area contributed by atoms with Crippen molar-refractivity contribution in [1.82, 2.24) is 5.01 Å². The predicted octanol–water partition coefficient (Wildman–Crippen LogP) is 5.23. The van der Waals surface area contributed by atoms with Gasteiger partial charge in [0, 0.05) is 17.0 Å². The van der Waals surface area contributed by atoms with E-state index in [-0.39, 0.29) is 11.9 Å². The summed E-state index contributed by atoms with van der Waals surface area (Å²) >= 11 is 6.16. The quantitative estimate of drug-likeness (QED) is 0.638. The van der Waals surface area contributed by atoms with Crippen LogP contribution in [0.2, 0.25) is 5.02 Å². The summed E-state index contributed by atoms with van der Waals surface area (Å²) in [5, 5.41) is 6.75. The van der Waals surface area contributed by atoms with Crippen LogP contribution in [0.5, 0.6) is 0 Å². The third-order valence-corrected chi connectivity index (χ3v) is 4.69. The first-order valence-electron chi connectivity index (χ1n) is 8.39. The lowest BCUT2D eigenvalue weighted by Crippen LogP contribution is -2.27. The first-order valence-corrected chi connectivity index (χ1v) is 8.76. The highest BCUT2D eigenvalue weighted by Gasteiger charge is 2.34. The van der Waals surface area contributed by atoms with E-state index in [0.717, 1.165) is 16.8 Å². The maximum absolute atomic E-state index is 13.1. The van der Waals surface area contributed by atoms with E-state index in [1.165, 1.54) is 5.01 Å². The second-order valence-corrected chi connectivity index (χ2v) is 6.75.